The standard InChI is InChI=1S/C21H26ClNO2/c1-15(16-9-11-18(22)12-10-16)25-14-19(24)13-23-21-8-4-6-17-5-2-3-7-20(17)21/h2-3,5,7,9-12,15,19,21,23-24H,4,6,8,13-14H2,1H3/t15-,19+,21-/m1/s1. The second-order valence-electron chi connectivity index (χ2n) is 6.73. The lowest BCUT2D eigenvalue weighted by Gasteiger charge is -2.27. The largest absolute Gasteiger partial charge is 0.389 e. The third-order valence-corrected chi connectivity index (χ3v) is 5.10. The summed E-state index contributed by atoms with van der Waals surface area (Å²) in [5, 5.41) is 14.5. The summed E-state index contributed by atoms with van der Waals surface area (Å²) in [6.45, 7) is 2.83. The molecule has 3 atom stereocenters. The molecule has 25 heavy (non-hydrogen) atoms. The second-order valence-corrected chi connectivity index (χ2v) is 7.17. The van der Waals surface area contributed by atoms with Crippen LogP contribution in [0.2, 0.25) is 5.02 Å². The van der Waals surface area contributed by atoms with Crippen LogP contribution in [0.4, 0.5) is 0 Å². The Morgan fingerprint density at radius 2 is 1.96 bits per heavy atom. The smallest absolute Gasteiger partial charge is 0.0898 e. The number of rotatable bonds is 7. The highest BCUT2D eigenvalue weighted by molar-refractivity contribution is 6.30. The van der Waals surface area contributed by atoms with Crippen molar-refractivity contribution < 1.29 is 9.84 Å². The zero-order valence-electron chi connectivity index (χ0n) is 14.6. The first-order valence-electron chi connectivity index (χ1n) is 9.00. The number of aliphatic hydroxyl groups is 1. The molecular formula is C21H26ClNO2. The molecule has 0 heterocycles. The highest BCUT2D eigenvalue weighted by Crippen LogP contribution is 2.29. The van der Waals surface area contributed by atoms with Crippen molar-refractivity contribution in [2.24, 2.45) is 0 Å². The summed E-state index contributed by atoms with van der Waals surface area (Å²) in [4.78, 5) is 0. The van der Waals surface area contributed by atoms with Gasteiger partial charge < -0.3 is 15.2 Å². The van der Waals surface area contributed by atoms with E-state index in [9.17, 15) is 5.11 Å². The number of aliphatic hydroxyl groups excluding tert-OH is 1. The predicted molar refractivity (Wildman–Crippen MR) is 102 cm³/mol. The van der Waals surface area contributed by atoms with E-state index in [1.807, 2.05) is 31.2 Å². The minimum atomic E-state index is -0.524. The van der Waals surface area contributed by atoms with Gasteiger partial charge >= 0.3 is 0 Å². The summed E-state index contributed by atoms with van der Waals surface area (Å²) in [5.41, 5.74) is 3.86. The van der Waals surface area contributed by atoms with E-state index in [2.05, 4.69) is 29.6 Å². The van der Waals surface area contributed by atoms with Crippen LogP contribution in [0, 0.1) is 0 Å². The fourth-order valence-corrected chi connectivity index (χ4v) is 3.51. The van der Waals surface area contributed by atoms with Crippen LogP contribution < -0.4 is 5.32 Å². The molecule has 134 valence electrons. The van der Waals surface area contributed by atoms with Crippen molar-refractivity contribution in [1.29, 1.82) is 0 Å². The lowest BCUT2D eigenvalue weighted by molar-refractivity contribution is -0.00309. The van der Waals surface area contributed by atoms with Crippen molar-refractivity contribution in [2.75, 3.05) is 13.2 Å². The molecule has 0 aliphatic heterocycles. The molecule has 0 saturated heterocycles. The molecular weight excluding hydrogens is 334 g/mol. The van der Waals surface area contributed by atoms with Gasteiger partial charge in [-0.2, -0.15) is 0 Å². The normalized spacial score (nSPS) is 19.2. The van der Waals surface area contributed by atoms with Crippen molar-refractivity contribution >= 4 is 11.6 Å². The van der Waals surface area contributed by atoms with Crippen LogP contribution in [-0.4, -0.2) is 24.4 Å². The summed E-state index contributed by atoms with van der Waals surface area (Å²) < 4.78 is 5.81. The molecule has 2 aromatic carbocycles. The van der Waals surface area contributed by atoms with Crippen LogP contribution in [-0.2, 0) is 11.2 Å². The fourth-order valence-electron chi connectivity index (χ4n) is 3.39. The monoisotopic (exact) mass is 359 g/mol. The van der Waals surface area contributed by atoms with E-state index in [1.54, 1.807) is 0 Å². The Morgan fingerprint density at radius 1 is 1.20 bits per heavy atom. The summed E-state index contributed by atoms with van der Waals surface area (Å²) >= 11 is 5.91. The zero-order chi connectivity index (χ0) is 17.6. The number of hydrogen-bond donors (Lipinski definition) is 2. The second kappa shape index (κ2) is 8.81. The van der Waals surface area contributed by atoms with Gasteiger partial charge in [0, 0.05) is 17.6 Å². The van der Waals surface area contributed by atoms with Crippen LogP contribution in [0.25, 0.3) is 0 Å². The number of aryl methyl sites for hydroxylation is 1. The quantitative estimate of drug-likeness (QED) is 0.767. The average Bonchev–Trinajstić information content (AvgIpc) is 2.65. The molecule has 3 nitrogen and oxygen atoms in total. The number of nitrogens with one attached hydrogen (secondary N) is 1. The van der Waals surface area contributed by atoms with Crippen molar-refractivity contribution in [1.82, 2.24) is 5.32 Å². The van der Waals surface area contributed by atoms with Crippen LogP contribution in [0.5, 0.6) is 0 Å². The third kappa shape index (κ3) is 5.05. The molecule has 0 amide bonds. The summed E-state index contributed by atoms with van der Waals surface area (Å²) in [7, 11) is 0. The highest BCUT2D eigenvalue weighted by Gasteiger charge is 2.20. The van der Waals surface area contributed by atoms with Crippen LogP contribution in [0.1, 0.15) is 48.6 Å². The van der Waals surface area contributed by atoms with E-state index in [0.717, 1.165) is 18.4 Å². The lowest BCUT2D eigenvalue weighted by atomic mass is 9.88. The van der Waals surface area contributed by atoms with Gasteiger partial charge in [-0.1, -0.05) is 48.0 Å². The van der Waals surface area contributed by atoms with E-state index >= 15 is 0 Å². The topological polar surface area (TPSA) is 41.5 Å². The van der Waals surface area contributed by atoms with Gasteiger partial charge in [-0.25, -0.2) is 0 Å². The fraction of sp³-hybridized carbons (Fsp3) is 0.429. The van der Waals surface area contributed by atoms with E-state index in [4.69, 9.17) is 16.3 Å². The Balaban J connectivity index is 1.46. The number of benzene rings is 2. The number of ether oxygens (including phenoxy) is 1. The van der Waals surface area contributed by atoms with E-state index < -0.39 is 6.10 Å². The first-order valence-corrected chi connectivity index (χ1v) is 9.37. The molecule has 0 aromatic heterocycles. The van der Waals surface area contributed by atoms with E-state index in [-0.39, 0.29) is 6.10 Å². The summed E-state index contributed by atoms with van der Waals surface area (Å²) in [6.07, 6.45) is 2.87. The summed E-state index contributed by atoms with van der Waals surface area (Å²) in [6, 6.07) is 16.5. The Bertz CT molecular complexity index is 674. The van der Waals surface area contributed by atoms with Gasteiger partial charge in [-0.3, -0.25) is 0 Å². The van der Waals surface area contributed by atoms with Gasteiger partial charge in [0.1, 0.15) is 0 Å². The molecule has 1 aliphatic carbocycles. The van der Waals surface area contributed by atoms with Crippen LogP contribution in [0.15, 0.2) is 48.5 Å². The molecule has 0 spiro atoms. The maximum atomic E-state index is 10.3. The lowest BCUT2D eigenvalue weighted by Crippen LogP contribution is -2.34. The van der Waals surface area contributed by atoms with Gasteiger partial charge in [-0.15, -0.1) is 0 Å². The number of fused-ring (bicyclic) bond motifs is 1. The molecule has 2 N–H and O–H groups in total. The minimum Gasteiger partial charge on any atom is -0.389 e. The predicted octanol–water partition coefficient (Wildman–Crippen LogP) is 4.45. The van der Waals surface area contributed by atoms with Gasteiger partial charge in [0.25, 0.3) is 0 Å². The number of hydrogen-bond acceptors (Lipinski definition) is 3. The molecule has 0 unspecified atom stereocenters. The minimum absolute atomic E-state index is 0.0673. The molecule has 2 aromatic rings. The zero-order valence-corrected chi connectivity index (χ0v) is 15.4. The maximum Gasteiger partial charge on any atom is 0.0898 e. The maximum absolute atomic E-state index is 10.3. The van der Waals surface area contributed by atoms with E-state index in [1.165, 1.54) is 17.5 Å². The average molecular weight is 360 g/mol. The summed E-state index contributed by atoms with van der Waals surface area (Å²) in [5.74, 6) is 0. The molecule has 4 heteroatoms. The number of halogens is 1. The highest BCUT2D eigenvalue weighted by atomic mass is 35.5. The van der Waals surface area contributed by atoms with Crippen molar-refractivity contribution in [3.8, 4) is 0 Å². The van der Waals surface area contributed by atoms with Crippen LogP contribution >= 0.6 is 11.6 Å². The van der Waals surface area contributed by atoms with Gasteiger partial charge in [0.15, 0.2) is 0 Å². The van der Waals surface area contributed by atoms with Crippen molar-refractivity contribution in [3.05, 3.63) is 70.2 Å². The van der Waals surface area contributed by atoms with E-state index in [0.29, 0.717) is 24.2 Å². The van der Waals surface area contributed by atoms with Crippen molar-refractivity contribution in [2.45, 2.75) is 44.4 Å². The first-order chi connectivity index (χ1) is 12.1. The Morgan fingerprint density at radius 3 is 2.76 bits per heavy atom. The third-order valence-electron chi connectivity index (χ3n) is 4.85. The molecule has 3 rings (SSSR count). The molecule has 0 saturated carbocycles. The van der Waals surface area contributed by atoms with Crippen LogP contribution in [0.3, 0.4) is 0 Å². The first kappa shape index (κ1) is 18.4. The Kier molecular flexibility index (Phi) is 6.49. The van der Waals surface area contributed by atoms with Gasteiger partial charge in [-0.05, 0) is 55.0 Å². The molecule has 0 fully saturated rings. The Hall–Kier alpha value is -1.39. The molecule has 1 aliphatic rings. The Labute approximate surface area is 155 Å². The van der Waals surface area contributed by atoms with Crippen molar-refractivity contribution in [3.63, 3.8) is 0 Å². The molecule has 0 bridgehead atoms. The SMILES string of the molecule is C[C@@H](OC[C@@H](O)CN[C@@H]1CCCc2ccccc21)c1ccc(Cl)cc1. The van der Waals surface area contributed by atoms with Gasteiger partial charge in [0.2, 0.25) is 0 Å². The van der Waals surface area contributed by atoms with Gasteiger partial charge in [0.05, 0.1) is 18.8 Å². The molecule has 0 radical (unpaired) electrons.